The fourth-order valence-corrected chi connectivity index (χ4v) is 2.21. The van der Waals surface area contributed by atoms with Crippen LogP contribution in [0.25, 0.3) is 10.8 Å². The lowest BCUT2D eigenvalue weighted by atomic mass is 9.83. The SMILES string of the molecule is C[C@](CO)(CCl)[C@@H](O)c1ccc2ccccc2c1. The van der Waals surface area contributed by atoms with E-state index in [0.29, 0.717) is 0 Å². The summed E-state index contributed by atoms with van der Waals surface area (Å²) >= 11 is 5.85. The smallest absolute Gasteiger partial charge is 0.0877 e. The molecule has 2 nitrogen and oxygen atoms in total. The van der Waals surface area contributed by atoms with E-state index in [4.69, 9.17) is 11.6 Å². The number of halogens is 1. The minimum Gasteiger partial charge on any atom is -0.396 e. The lowest BCUT2D eigenvalue weighted by Crippen LogP contribution is -2.31. The summed E-state index contributed by atoms with van der Waals surface area (Å²) < 4.78 is 0. The molecule has 0 aliphatic carbocycles. The van der Waals surface area contributed by atoms with Crippen molar-refractivity contribution in [2.75, 3.05) is 12.5 Å². The van der Waals surface area contributed by atoms with Crippen LogP contribution in [0.1, 0.15) is 18.6 Å². The summed E-state index contributed by atoms with van der Waals surface area (Å²) in [5.41, 5.74) is 0.0650. The molecule has 2 rings (SSSR count). The van der Waals surface area contributed by atoms with Crippen molar-refractivity contribution >= 4 is 22.4 Å². The number of benzene rings is 2. The van der Waals surface area contributed by atoms with Gasteiger partial charge in [-0.15, -0.1) is 11.6 Å². The normalized spacial score (nSPS) is 16.4. The van der Waals surface area contributed by atoms with Gasteiger partial charge in [0.15, 0.2) is 0 Å². The molecule has 0 aromatic heterocycles. The molecule has 2 aromatic rings. The Kier molecular flexibility index (Phi) is 3.91. The summed E-state index contributed by atoms with van der Waals surface area (Å²) in [6.07, 6.45) is -0.774. The lowest BCUT2D eigenvalue weighted by molar-refractivity contribution is 0.00901. The number of hydrogen-bond acceptors (Lipinski definition) is 2. The Morgan fingerprint density at radius 2 is 1.83 bits per heavy atom. The molecule has 18 heavy (non-hydrogen) atoms. The van der Waals surface area contributed by atoms with Gasteiger partial charge in [-0.25, -0.2) is 0 Å². The summed E-state index contributed by atoms with van der Waals surface area (Å²) in [5, 5.41) is 21.9. The monoisotopic (exact) mass is 264 g/mol. The molecule has 0 radical (unpaired) electrons. The van der Waals surface area contributed by atoms with Crippen LogP contribution in [0.5, 0.6) is 0 Å². The van der Waals surface area contributed by atoms with Crippen molar-refractivity contribution in [2.45, 2.75) is 13.0 Å². The molecule has 2 atom stereocenters. The Morgan fingerprint density at radius 3 is 2.44 bits per heavy atom. The first kappa shape index (κ1) is 13.3. The minimum absolute atomic E-state index is 0.148. The maximum absolute atomic E-state index is 10.4. The van der Waals surface area contributed by atoms with E-state index in [2.05, 4.69) is 0 Å². The van der Waals surface area contributed by atoms with Gasteiger partial charge in [-0.3, -0.25) is 0 Å². The van der Waals surface area contributed by atoms with E-state index in [9.17, 15) is 10.2 Å². The molecule has 0 saturated carbocycles. The van der Waals surface area contributed by atoms with Gasteiger partial charge in [-0.1, -0.05) is 43.3 Å². The van der Waals surface area contributed by atoms with Crippen LogP contribution in [0.15, 0.2) is 42.5 Å². The van der Waals surface area contributed by atoms with Gasteiger partial charge in [-0.05, 0) is 22.4 Å². The van der Waals surface area contributed by atoms with Crippen LogP contribution in [0.2, 0.25) is 0 Å². The van der Waals surface area contributed by atoms with Gasteiger partial charge in [0.2, 0.25) is 0 Å². The Balaban J connectivity index is 2.42. The molecule has 0 aliphatic rings. The van der Waals surface area contributed by atoms with Crippen molar-refractivity contribution in [3.05, 3.63) is 48.0 Å². The van der Waals surface area contributed by atoms with Crippen molar-refractivity contribution in [3.63, 3.8) is 0 Å². The zero-order valence-electron chi connectivity index (χ0n) is 10.3. The third-order valence-electron chi connectivity index (χ3n) is 3.42. The molecule has 0 bridgehead atoms. The standard InChI is InChI=1S/C15H17ClO2/c1-15(9-16,10-17)14(18)13-7-6-11-4-2-3-5-12(11)8-13/h2-8,14,17-18H,9-10H2,1H3/t14-,15+/m0/s1. The number of aliphatic hydroxyl groups excluding tert-OH is 2. The maximum Gasteiger partial charge on any atom is 0.0877 e. The molecule has 0 unspecified atom stereocenters. The molecule has 3 heteroatoms. The molecular formula is C15H17ClO2. The Bertz CT molecular complexity index is 535. The van der Waals surface area contributed by atoms with Gasteiger partial charge in [0.1, 0.15) is 0 Å². The van der Waals surface area contributed by atoms with E-state index < -0.39 is 11.5 Å². The number of alkyl halides is 1. The van der Waals surface area contributed by atoms with Crippen LogP contribution in [0.3, 0.4) is 0 Å². The van der Waals surface area contributed by atoms with Crippen molar-refractivity contribution in [3.8, 4) is 0 Å². The van der Waals surface area contributed by atoms with Gasteiger partial charge >= 0.3 is 0 Å². The highest BCUT2D eigenvalue weighted by molar-refractivity contribution is 6.18. The van der Waals surface area contributed by atoms with Crippen LogP contribution >= 0.6 is 11.6 Å². The van der Waals surface area contributed by atoms with Gasteiger partial charge in [0.25, 0.3) is 0 Å². The van der Waals surface area contributed by atoms with Crippen LogP contribution in [0, 0.1) is 5.41 Å². The fourth-order valence-electron chi connectivity index (χ4n) is 1.98. The lowest BCUT2D eigenvalue weighted by Gasteiger charge is -2.30. The number of rotatable bonds is 4. The highest BCUT2D eigenvalue weighted by atomic mass is 35.5. The van der Waals surface area contributed by atoms with E-state index in [1.807, 2.05) is 42.5 Å². The van der Waals surface area contributed by atoms with Crippen LogP contribution in [-0.2, 0) is 0 Å². The third-order valence-corrected chi connectivity index (χ3v) is 4.03. The van der Waals surface area contributed by atoms with Crippen LogP contribution < -0.4 is 0 Å². The van der Waals surface area contributed by atoms with Gasteiger partial charge < -0.3 is 10.2 Å². The second kappa shape index (κ2) is 5.27. The molecule has 2 aromatic carbocycles. The fraction of sp³-hybridized carbons (Fsp3) is 0.333. The molecule has 0 fully saturated rings. The number of aliphatic hydroxyl groups is 2. The molecular weight excluding hydrogens is 248 g/mol. The Hall–Kier alpha value is -1.09. The van der Waals surface area contributed by atoms with Crippen molar-refractivity contribution < 1.29 is 10.2 Å². The minimum atomic E-state index is -0.774. The second-order valence-electron chi connectivity index (χ2n) is 4.95. The van der Waals surface area contributed by atoms with Crippen molar-refractivity contribution in [1.29, 1.82) is 0 Å². The van der Waals surface area contributed by atoms with Gasteiger partial charge in [0.05, 0.1) is 12.7 Å². The highest BCUT2D eigenvalue weighted by Crippen LogP contribution is 2.35. The van der Waals surface area contributed by atoms with Gasteiger partial charge in [0, 0.05) is 11.3 Å². The van der Waals surface area contributed by atoms with E-state index >= 15 is 0 Å². The first-order chi connectivity index (χ1) is 8.60. The Labute approximate surface area is 112 Å². The molecule has 0 spiro atoms. The summed E-state index contributed by atoms with van der Waals surface area (Å²) in [7, 11) is 0. The highest BCUT2D eigenvalue weighted by Gasteiger charge is 2.32. The first-order valence-corrected chi connectivity index (χ1v) is 6.48. The average Bonchev–Trinajstić information content (AvgIpc) is 2.45. The van der Waals surface area contributed by atoms with Gasteiger partial charge in [-0.2, -0.15) is 0 Å². The quantitative estimate of drug-likeness (QED) is 0.833. The van der Waals surface area contributed by atoms with Crippen molar-refractivity contribution in [2.24, 2.45) is 5.41 Å². The van der Waals surface area contributed by atoms with E-state index in [-0.39, 0.29) is 12.5 Å². The topological polar surface area (TPSA) is 40.5 Å². The molecule has 0 heterocycles. The van der Waals surface area contributed by atoms with Crippen molar-refractivity contribution in [1.82, 2.24) is 0 Å². The predicted molar refractivity (Wildman–Crippen MR) is 74.8 cm³/mol. The number of hydrogen-bond donors (Lipinski definition) is 2. The largest absolute Gasteiger partial charge is 0.396 e. The molecule has 96 valence electrons. The summed E-state index contributed by atoms with van der Waals surface area (Å²) in [6, 6.07) is 13.8. The second-order valence-corrected chi connectivity index (χ2v) is 5.22. The maximum atomic E-state index is 10.4. The average molecular weight is 265 g/mol. The molecule has 2 N–H and O–H groups in total. The van der Waals surface area contributed by atoms with Crippen LogP contribution in [-0.4, -0.2) is 22.7 Å². The summed E-state index contributed by atoms with van der Waals surface area (Å²) in [5.74, 6) is 0.206. The molecule has 0 saturated heterocycles. The molecule has 0 aliphatic heterocycles. The Morgan fingerprint density at radius 1 is 1.17 bits per heavy atom. The zero-order valence-corrected chi connectivity index (χ0v) is 11.1. The van der Waals surface area contributed by atoms with E-state index in [1.54, 1.807) is 6.92 Å². The zero-order chi connectivity index (χ0) is 13.2. The first-order valence-electron chi connectivity index (χ1n) is 5.94. The summed E-state index contributed by atoms with van der Waals surface area (Å²) in [6.45, 7) is 1.63. The molecule has 0 amide bonds. The third kappa shape index (κ3) is 2.37. The van der Waals surface area contributed by atoms with E-state index in [0.717, 1.165) is 16.3 Å². The summed E-state index contributed by atoms with van der Waals surface area (Å²) in [4.78, 5) is 0. The van der Waals surface area contributed by atoms with E-state index in [1.165, 1.54) is 0 Å². The van der Waals surface area contributed by atoms with Crippen LogP contribution in [0.4, 0.5) is 0 Å². The predicted octanol–water partition coefficient (Wildman–Crippen LogP) is 3.11. The number of fused-ring (bicyclic) bond motifs is 1.